The molecule has 0 spiro atoms. The van der Waals surface area contributed by atoms with Crippen LogP contribution < -0.4 is 10.9 Å². The molecule has 0 amide bonds. The number of likely N-dealkylation sites (tertiary alicyclic amines) is 1. The van der Waals surface area contributed by atoms with Gasteiger partial charge in [0.1, 0.15) is 6.23 Å². The van der Waals surface area contributed by atoms with Gasteiger partial charge in [-0.3, -0.25) is 14.3 Å². The minimum atomic E-state index is -0.306. The van der Waals surface area contributed by atoms with Gasteiger partial charge in [-0.2, -0.15) is 4.98 Å². The minimum absolute atomic E-state index is 0.276. The summed E-state index contributed by atoms with van der Waals surface area (Å²) in [4.78, 5) is 26.4. The molecule has 1 aliphatic heterocycles. The molecule has 8 nitrogen and oxygen atoms in total. The summed E-state index contributed by atoms with van der Waals surface area (Å²) in [6.07, 6.45) is 2.54. The van der Waals surface area contributed by atoms with E-state index in [4.69, 9.17) is 27.9 Å². The third-order valence-corrected chi connectivity index (χ3v) is 5.73. The van der Waals surface area contributed by atoms with Crippen molar-refractivity contribution in [3.8, 4) is 0 Å². The lowest BCUT2D eigenvalue weighted by Gasteiger charge is -2.30. The Balaban J connectivity index is 1.44. The van der Waals surface area contributed by atoms with Crippen molar-refractivity contribution in [1.82, 2.24) is 24.4 Å². The van der Waals surface area contributed by atoms with Crippen molar-refractivity contribution in [1.29, 1.82) is 0 Å². The van der Waals surface area contributed by atoms with Crippen molar-refractivity contribution in [3.63, 3.8) is 0 Å². The second kappa shape index (κ2) is 8.71. The van der Waals surface area contributed by atoms with Crippen LogP contribution in [0.4, 0.5) is 5.95 Å². The molecule has 2 aromatic heterocycles. The lowest BCUT2D eigenvalue weighted by Crippen LogP contribution is -2.39. The number of benzene rings is 1. The SMILES string of the molecule is CC(OCCN1CCC1)n1cnc2nc(NCc3ccc(Cl)c(Cl)c3)[nH]c(=O)c21. The number of halogens is 2. The van der Waals surface area contributed by atoms with Crippen LogP contribution in [0.15, 0.2) is 29.3 Å². The van der Waals surface area contributed by atoms with Gasteiger partial charge >= 0.3 is 0 Å². The van der Waals surface area contributed by atoms with Crippen LogP contribution in [0.25, 0.3) is 11.2 Å². The number of fused-ring (bicyclic) bond motifs is 1. The number of imidazole rings is 1. The second-order valence-electron chi connectivity index (χ2n) is 7.01. The largest absolute Gasteiger partial charge is 0.357 e. The summed E-state index contributed by atoms with van der Waals surface area (Å²) in [5.41, 5.74) is 1.39. The number of nitrogens with zero attached hydrogens (tertiary/aromatic N) is 4. The number of anilines is 1. The van der Waals surface area contributed by atoms with Gasteiger partial charge in [-0.05, 0) is 44.1 Å². The number of aromatic nitrogens is 4. The number of rotatable bonds is 8. The van der Waals surface area contributed by atoms with E-state index in [2.05, 4.69) is 25.2 Å². The molecule has 1 saturated heterocycles. The van der Waals surface area contributed by atoms with E-state index in [9.17, 15) is 4.79 Å². The zero-order chi connectivity index (χ0) is 20.4. The molecule has 1 unspecified atom stereocenters. The molecule has 154 valence electrons. The van der Waals surface area contributed by atoms with Gasteiger partial charge in [0.05, 0.1) is 23.0 Å². The second-order valence-corrected chi connectivity index (χ2v) is 7.82. The molecule has 1 aromatic carbocycles. The Hall–Kier alpha value is -2.13. The Kier molecular flexibility index (Phi) is 6.05. The van der Waals surface area contributed by atoms with Gasteiger partial charge in [0, 0.05) is 13.1 Å². The highest BCUT2D eigenvalue weighted by molar-refractivity contribution is 6.42. The molecular weight excluding hydrogens is 415 g/mol. The fraction of sp³-hybridized carbons (Fsp3) is 0.421. The van der Waals surface area contributed by atoms with Gasteiger partial charge in [-0.15, -0.1) is 0 Å². The molecule has 3 aromatic rings. The highest BCUT2D eigenvalue weighted by Gasteiger charge is 2.17. The predicted molar refractivity (Wildman–Crippen MR) is 114 cm³/mol. The van der Waals surface area contributed by atoms with Crippen LogP contribution in [-0.2, 0) is 11.3 Å². The monoisotopic (exact) mass is 436 g/mol. The average molecular weight is 437 g/mol. The Morgan fingerprint density at radius 3 is 2.86 bits per heavy atom. The van der Waals surface area contributed by atoms with E-state index in [-0.39, 0.29) is 11.8 Å². The summed E-state index contributed by atoms with van der Waals surface area (Å²) in [6, 6.07) is 5.35. The van der Waals surface area contributed by atoms with E-state index in [0.717, 1.165) is 25.2 Å². The van der Waals surface area contributed by atoms with E-state index >= 15 is 0 Å². The standard InChI is InChI=1S/C19H22Cl2N6O2/c1-12(29-8-7-26-5-2-6-26)27-11-23-17-16(27)18(28)25-19(24-17)22-10-13-3-4-14(20)15(21)9-13/h3-4,9,11-12H,2,5-8,10H2,1H3,(H2,22,24,25,28). The van der Waals surface area contributed by atoms with Crippen LogP contribution >= 0.6 is 23.2 Å². The molecule has 4 rings (SSSR count). The van der Waals surface area contributed by atoms with Crippen LogP contribution in [0.1, 0.15) is 25.1 Å². The Morgan fingerprint density at radius 2 is 2.14 bits per heavy atom. The quantitative estimate of drug-likeness (QED) is 0.563. The average Bonchev–Trinajstić information content (AvgIpc) is 3.09. The topological polar surface area (TPSA) is 88.1 Å². The molecule has 29 heavy (non-hydrogen) atoms. The van der Waals surface area contributed by atoms with Crippen LogP contribution in [0.2, 0.25) is 10.0 Å². The van der Waals surface area contributed by atoms with Gasteiger partial charge in [0.2, 0.25) is 5.95 Å². The molecule has 0 radical (unpaired) electrons. The molecule has 0 bridgehead atoms. The molecule has 1 atom stereocenters. The van der Waals surface area contributed by atoms with Crippen molar-refractivity contribution in [2.45, 2.75) is 26.1 Å². The number of aromatic amines is 1. The molecule has 2 N–H and O–H groups in total. The third kappa shape index (κ3) is 4.56. The van der Waals surface area contributed by atoms with Crippen molar-refractivity contribution in [2.75, 3.05) is 31.6 Å². The Labute approximate surface area is 177 Å². The van der Waals surface area contributed by atoms with E-state index in [1.807, 2.05) is 13.0 Å². The van der Waals surface area contributed by atoms with Gasteiger partial charge in [0.15, 0.2) is 11.2 Å². The van der Waals surface area contributed by atoms with Crippen molar-refractivity contribution < 1.29 is 4.74 Å². The number of nitrogens with one attached hydrogen (secondary N) is 2. The van der Waals surface area contributed by atoms with Gasteiger partial charge in [-0.25, -0.2) is 4.98 Å². The molecule has 0 aliphatic carbocycles. The summed E-state index contributed by atoms with van der Waals surface area (Å²) < 4.78 is 7.58. The van der Waals surface area contributed by atoms with Crippen LogP contribution in [0.3, 0.4) is 0 Å². The molecule has 0 saturated carbocycles. The Bertz CT molecular complexity index is 1060. The van der Waals surface area contributed by atoms with Gasteiger partial charge < -0.3 is 15.0 Å². The van der Waals surface area contributed by atoms with Crippen molar-refractivity contribution >= 4 is 40.3 Å². The fourth-order valence-electron chi connectivity index (χ4n) is 3.19. The predicted octanol–water partition coefficient (Wildman–Crippen LogP) is 3.28. The maximum Gasteiger partial charge on any atom is 0.278 e. The molecular formula is C19H22Cl2N6O2. The van der Waals surface area contributed by atoms with Crippen LogP contribution in [0.5, 0.6) is 0 Å². The lowest BCUT2D eigenvalue weighted by atomic mass is 10.2. The summed E-state index contributed by atoms with van der Waals surface area (Å²) in [5, 5.41) is 4.06. The van der Waals surface area contributed by atoms with Crippen molar-refractivity contribution in [2.24, 2.45) is 0 Å². The number of hydrogen-bond donors (Lipinski definition) is 2. The van der Waals surface area contributed by atoms with E-state index in [1.54, 1.807) is 23.0 Å². The molecule has 1 aliphatic rings. The normalized spacial score (nSPS) is 15.4. The first-order valence-electron chi connectivity index (χ1n) is 9.50. The van der Waals surface area contributed by atoms with Gasteiger partial charge in [0.25, 0.3) is 5.56 Å². The lowest BCUT2D eigenvalue weighted by molar-refractivity contribution is -0.000975. The summed E-state index contributed by atoms with van der Waals surface area (Å²) in [5.74, 6) is 0.338. The number of H-pyrrole nitrogens is 1. The molecule has 3 heterocycles. The molecule has 1 fully saturated rings. The maximum absolute atomic E-state index is 12.6. The summed E-state index contributed by atoms with van der Waals surface area (Å²) >= 11 is 12.0. The fourth-order valence-corrected chi connectivity index (χ4v) is 3.51. The third-order valence-electron chi connectivity index (χ3n) is 4.99. The Morgan fingerprint density at radius 1 is 1.31 bits per heavy atom. The van der Waals surface area contributed by atoms with Gasteiger partial charge in [-0.1, -0.05) is 29.3 Å². The van der Waals surface area contributed by atoms with Crippen LogP contribution in [0, 0.1) is 0 Å². The number of ether oxygens (including phenoxy) is 1. The van der Waals surface area contributed by atoms with E-state index < -0.39 is 0 Å². The summed E-state index contributed by atoms with van der Waals surface area (Å²) in [7, 11) is 0. The minimum Gasteiger partial charge on any atom is -0.357 e. The maximum atomic E-state index is 12.6. The molecule has 10 heteroatoms. The summed E-state index contributed by atoms with van der Waals surface area (Å²) in [6.45, 7) is 6.10. The zero-order valence-electron chi connectivity index (χ0n) is 16.0. The van der Waals surface area contributed by atoms with E-state index in [0.29, 0.717) is 40.3 Å². The van der Waals surface area contributed by atoms with Crippen LogP contribution in [-0.4, -0.2) is 50.7 Å². The number of hydrogen-bond acceptors (Lipinski definition) is 6. The highest BCUT2D eigenvalue weighted by Crippen LogP contribution is 2.23. The van der Waals surface area contributed by atoms with E-state index in [1.165, 1.54) is 6.42 Å². The zero-order valence-corrected chi connectivity index (χ0v) is 17.5. The first kappa shape index (κ1) is 20.2. The highest BCUT2D eigenvalue weighted by atomic mass is 35.5. The smallest absolute Gasteiger partial charge is 0.278 e. The van der Waals surface area contributed by atoms with Crippen molar-refractivity contribution in [3.05, 3.63) is 50.5 Å². The first-order valence-corrected chi connectivity index (χ1v) is 10.3. The first-order chi connectivity index (χ1) is 14.0.